The van der Waals surface area contributed by atoms with Crippen LogP contribution in [0.4, 0.5) is 5.69 Å². The maximum atomic E-state index is 12.3. The third-order valence-corrected chi connectivity index (χ3v) is 3.52. The first-order chi connectivity index (χ1) is 11.5. The Balaban J connectivity index is 1.86. The van der Waals surface area contributed by atoms with Crippen LogP contribution < -0.4 is 5.56 Å². The first-order valence-corrected chi connectivity index (χ1v) is 6.88. The van der Waals surface area contributed by atoms with E-state index in [1.807, 2.05) is 0 Å². The van der Waals surface area contributed by atoms with Crippen molar-refractivity contribution in [3.63, 3.8) is 0 Å². The van der Waals surface area contributed by atoms with Crippen LogP contribution in [0, 0.1) is 16.0 Å². The molecule has 1 aromatic rings. The highest BCUT2D eigenvalue weighted by Gasteiger charge is 2.31. The van der Waals surface area contributed by atoms with Gasteiger partial charge in [-0.05, 0) is 18.2 Å². The molecule has 1 aliphatic heterocycles. The van der Waals surface area contributed by atoms with Crippen LogP contribution in [0.25, 0.3) is 6.08 Å². The maximum absolute atomic E-state index is 12.3. The van der Waals surface area contributed by atoms with Gasteiger partial charge in [-0.2, -0.15) is 4.98 Å². The number of nitrogens with one attached hydrogen (secondary N) is 1. The predicted molar refractivity (Wildman–Crippen MR) is 81.9 cm³/mol. The third-order valence-electron chi connectivity index (χ3n) is 3.52. The van der Waals surface area contributed by atoms with Gasteiger partial charge in [0.1, 0.15) is 11.9 Å². The fourth-order valence-electron chi connectivity index (χ4n) is 2.36. The van der Waals surface area contributed by atoms with E-state index in [-0.39, 0.29) is 23.3 Å². The topological polar surface area (TPSA) is 135 Å². The van der Waals surface area contributed by atoms with Crippen LogP contribution in [-0.4, -0.2) is 31.9 Å². The van der Waals surface area contributed by atoms with E-state index in [2.05, 4.69) is 9.97 Å². The summed E-state index contributed by atoms with van der Waals surface area (Å²) in [6.45, 7) is 0. The van der Waals surface area contributed by atoms with Gasteiger partial charge < -0.3 is 14.8 Å². The number of nitro groups is 1. The van der Waals surface area contributed by atoms with Crippen LogP contribution in [0.5, 0.6) is 5.88 Å². The number of ketones is 1. The zero-order chi connectivity index (χ0) is 17.3. The summed E-state index contributed by atoms with van der Waals surface area (Å²) in [5.74, 6) is -1.73. The van der Waals surface area contributed by atoms with Crippen molar-refractivity contribution in [2.75, 3.05) is 0 Å². The number of carbonyl (C=O) groups excluding carboxylic acids is 1. The maximum Gasteiger partial charge on any atom is 0.395 e. The zero-order valence-electron chi connectivity index (χ0n) is 12.1. The molecule has 0 saturated carbocycles. The molecule has 2 N–H and O–H groups in total. The SMILES string of the molecule is O=C1C(/C=C/c2nc(O)c([N+](=O)[O-])c(=O)[nH]2)=COC2C=CC=CC12. The monoisotopic (exact) mass is 329 g/mol. The molecular formula is C15H11N3O6. The third kappa shape index (κ3) is 2.74. The Kier molecular flexibility index (Phi) is 3.82. The molecule has 2 aliphatic rings. The van der Waals surface area contributed by atoms with Gasteiger partial charge in [-0.1, -0.05) is 18.2 Å². The molecule has 3 rings (SSSR count). The van der Waals surface area contributed by atoms with E-state index >= 15 is 0 Å². The van der Waals surface area contributed by atoms with Crippen LogP contribution >= 0.6 is 0 Å². The van der Waals surface area contributed by atoms with E-state index in [0.717, 1.165) is 0 Å². The lowest BCUT2D eigenvalue weighted by atomic mass is 9.88. The van der Waals surface area contributed by atoms with Gasteiger partial charge in [-0.3, -0.25) is 19.7 Å². The number of carbonyl (C=O) groups is 1. The number of aromatic amines is 1. The Morgan fingerprint density at radius 3 is 2.75 bits per heavy atom. The zero-order valence-corrected chi connectivity index (χ0v) is 12.1. The number of allylic oxidation sites excluding steroid dienone is 4. The van der Waals surface area contributed by atoms with E-state index < -0.39 is 28.0 Å². The summed E-state index contributed by atoms with van der Waals surface area (Å²) in [5.41, 5.74) is -1.88. The number of hydrogen-bond donors (Lipinski definition) is 2. The minimum absolute atomic E-state index is 0.127. The molecule has 0 aromatic carbocycles. The summed E-state index contributed by atoms with van der Waals surface area (Å²) in [4.78, 5) is 39.1. The van der Waals surface area contributed by atoms with E-state index in [1.165, 1.54) is 18.4 Å². The summed E-state index contributed by atoms with van der Waals surface area (Å²) in [7, 11) is 0. The van der Waals surface area contributed by atoms with E-state index in [9.17, 15) is 24.8 Å². The van der Waals surface area contributed by atoms with Crippen molar-refractivity contribution < 1.29 is 19.6 Å². The van der Waals surface area contributed by atoms with Crippen molar-refractivity contribution in [1.29, 1.82) is 0 Å². The summed E-state index contributed by atoms with van der Waals surface area (Å²) in [6, 6.07) is 0. The number of nitrogens with zero attached hydrogens (tertiary/aromatic N) is 2. The Morgan fingerprint density at radius 2 is 2.04 bits per heavy atom. The molecule has 0 radical (unpaired) electrons. The lowest BCUT2D eigenvalue weighted by Crippen LogP contribution is -2.32. The van der Waals surface area contributed by atoms with Crippen molar-refractivity contribution in [1.82, 2.24) is 9.97 Å². The van der Waals surface area contributed by atoms with Gasteiger partial charge in [0, 0.05) is 0 Å². The molecule has 2 heterocycles. The van der Waals surface area contributed by atoms with E-state index in [1.54, 1.807) is 24.3 Å². The van der Waals surface area contributed by atoms with Crippen LogP contribution in [0.1, 0.15) is 5.82 Å². The normalized spacial score (nSPS) is 22.2. The Morgan fingerprint density at radius 1 is 1.29 bits per heavy atom. The molecule has 1 aromatic heterocycles. The highest BCUT2D eigenvalue weighted by atomic mass is 16.6. The minimum Gasteiger partial charge on any atom is -0.492 e. The van der Waals surface area contributed by atoms with Crippen LogP contribution in [0.15, 0.2) is 47.0 Å². The van der Waals surface area contributed by atoms with Gasteiger partial charge in [-0.15, -0.1) is 0 Å². The fraction of sp³-hybridized carbons (Fsp3) is 0.133. The second-order valence-electron chi connectivity index (χ2n) is 5.05. The minimum atomic E-state index is -1.09. The number of Topliss-reactive ketones (excluding diaryl/α,β-unsaturated/α-hetero) is 1. The van der Waals surface area contributed by atoms with Crippen molar-refractivity contribution in [3.05, 3.63) is 68.5 Å². The molecule has 2 unspecified atom stereocenters. The second-order valence-corrected chi connectivity index (χ2v) is 5.05. The lowest BCUT2D eigenvalue weighted by molar-refractivity contribution is -0.387. The summed E-state index contributed by atoms with van der Waals surface area (Å²) < 4.78 is 5.45. The smallest absolute Gasteiger partial charge is 0.395 e. The van der Waals surface area contributed by atoms with Crippen molar-refractivity contribution in [3.8, 4) is 5.88 Å². The highest BCUT2D eigenvalue weighted by molar-refractivity contribution is 6.02. The first-order valence-electron chi connectivity index (χ1n) is 6.88. The number of aromatic nitrogens is 2. The van der Waals surface area contributed by atoms with E-state index in [4.69, 9.17) is 4.74 Å². The second kappa shape index (κ2) is 5.95. The van der Waals surface area contributed by atoms with Crippen molar-refractivity contribution >= 4 is 17.5 Å². The van der Waals surface area contributed by atoms with Gasteiger partial charge in [0.15, 0.2) is 5.78 Å². The van der Waals surface area contributed by atoms with Crippen molar-refractivity contribution in [2.24, 2.45) is 5.92 Å². The Labute approximate surface area is 134 Å². The van der Waals surface area contributed by atoms with Gasteiger partial charge in [-0.25, -0.2) is 0 Å². The number of aromatic hydroxyl groups is 1. The van der Waals surface area contributed by atoms with E-state index in [0.29, 0.717) is 0 Å². The molecule has 0 spiro atoms. The average molecular weight is 329 g/mol. The van der Waals surface area contributed by atoms with Gasteiger partial charge in [0.25, 0.3) is 5.88 Å². The number of rotatable bonds is 3. The number of fused-ring (bicyclic) bond motifs is 1. The number of ether oxygens (including phenoxy) is 1. The van der Waals surface area contributed by atoms with Crippen LogP contribution in [-0.2, 0) is 9.53 Å². The molecule has 2 atom stereocenters. The standard InChI is InChI=1S/C15H11N3O6/c19-13-8(7-24-10-4-2-1-3-9(10)13)5-6-11-16-14(20)12(18(22)23)15(21)17-11/h1-7,9-10H,(H2,16,17,20,21)/b6-5+. The molecular weight excluding hydrogens is 318 g/mol. The predicted octanol–water partition coefficient (Wildman–Crippen LogP) is 0.991. The molecule has 0 bridgehead atoms. The summed E-state index contributed by atoms with van der Waals surface area (Å²) in [6.07, 6.45) is 10.6. The van der Waals surface area contributed by atoms with Crippen molar-refractivity contribution in [2.45, 2.75) is 6.10 Å². The molecule has 122 valence electrons. The largest absolute Gasteiger partial charge is 0.492 e. The van der Waals surface area contributed by atoms with Gasteiger partial charge in [0.2, 0.25) is 0 Å². The molecule has 0 saturated heterocycles. The van der Waals surface area contributed by atoms with Crippen LogP contribution in [0.2, 0.25) is 0 Å². The molecule has 9 heteroatoms. The summed E-state index contributed by atoms with van der Waals surface area (Å²) in [5, 5.41) is 20.1. The molecule has 0 fully saturated rings. The Bertz CT molecular complexity index is 893. The molecule has 24 heavy (non-hydrogen) atoms. The molecule has 9 nitrogen and oxygen atoms in total. The highest BCUT2D eigenvalue weighted by Crippen LogP contribution is 2.26. The van der Waals surface area contributed by atoms with Gasteiger partial charge in [0.05, 0.1) is 22.7 Å². The lowest BCUT2D eigenvalue weighted by Gasteiger charge is -2.27. The molecule has 1 aliphatic carbocycles. The first kappa shape index (κ1) is 15.4. The van der Waals surface area contributed by atoms with Crippen LogP contribution in [0.3, 0.4) is 0 Å². The number of hydrogen-bond acceptors (Lipinski definition) is 7. The number of H-pyrrole nitrogens is 1. The Hall–Kier alpha value is -3.49. The summed E-state index contributed by atoms with van der Waals surface area (Å²) >= 11 is 0. The average Bonchev–Trinajstić information content (AvgIpc) is 2.53. The fourth-order valence-corrected chi connectivity index (χ4v) is 2.36. The molecule has 0 amide bonds. The van der Waals surface area contributed by atoms with Gasteiger partial charge >= 0.3 is 11.2 Å². The quantitative estimate of drug-likeness (QED) is 0.623.